The van der Waals surface area contributed by atoms with E-state index < -0.39 is 0 Å². The van der Waals surface area contributed by atoms with E-state index in [1.165, 1.54) is 25.4 Å². The molecule has 0 atom stereocenters. The first-order valence-electron chi connectivity index (χ1n) is 8.07. The van der Waals surface area contributed by atoms with Crippen molar-refractivity contribution in [2.75, 3.05) is 25.7 Å². The molecule has 0 spiro atoms. The van der Waals surface area contributed by atoms with E-state index in [0.29, 0.717) is 34.4 Å². The van der Waals surface area contributed by atoms with E-state index in [1.807, 2.05) is 6.92 Å². The number of anilines is 1. The van der Waals surface area contributed by atoms with Gasteiger partial charge in [-0.3, -0.25) is 14.5 Å². The molecule has 0 aliphatic carbocycles. The molecule has 0 fully saturated rings. The predicted molar refractivity (Wildman–Crippen MR) is 98.9 cm³/mol. The van der Waals surface area contributed by atoms with Crippen LogP contribution in [-0.2, 0) is 27.4 Å². The van der Waals surface area contributed by atoms with Gasteiger partial charge in [0.15, 0.2) is 5.13 Å². The minimum atomic E-state index is -0.387. The molecule has 0 unspecified atom stereocenters. The van der Waals surface area contributed by atoms with Gasteiger partial charge in [-0.2, -0.15) is 0 Å². The molecule has 0 aliphatic heterocycles. The summed E-state index contributed by atoms with van der Waals surface area (Å²) in [6, 6.07) is 5.25. The highest BCUT2D eigenvalue weighted by Gasteiger charge is 2.15. The van der Waals surface area contributed by atoms with E-state index in [4.69, 9.17) is 14.2 Å². The van der Waals surface area contributed by atoms with Gasteiger partial charge in [0.05, 0.1) is 26.3 Å². The Kier molecular flexibility index (Phi) is 6.97. The van der Waals surface area contributed by atoms with Gasteiger partial charge >= 0.3 is 5.97 Å². The summed E-state index contributed by atoms with van der Waals surface area (Å²) in [6.45, 7) is 3.97. The van der Waals surface area contributed by atoms with E-state index >= 15 is 0 Å². The largest absolute Gasteiger partial charge is 0.497 e. The maximum absolute atomic E-state index is 12.1. The summed E-state index contributed by atoms with van der Waals surface area (Å²) in [5.41, 5.74) is 1.32. The summed E-state index contributed by atoms with van der Waals surface area (Å²) in [7, 11) is 3.10. The van der Waals surface area contributed by atoms with Crippen LogP contribution >= 0.6 is 11.3 Å². The Morgan fingerprint density at radius 1 is 1.23 bits per heavy atom. The Morgan fingerprint density at radius 3 is 2.62 bits per heavy atom. The van der Waals surface area contributed by atoms with E-state index in [1.54, 1.807) is 35.6 Å². The number of aromatic nitrogens is 1. The average Bonchev–Trinajstić information content (AvgIpc) is 3.09. The van der Waals surface area contributed by atoms with Gasteiger partial charge < -0.3 is 14.2 Å². The van der Waals surface area contributed by atoms with Crippen LogP contribution in [0.25, 0.3) is 0 Å². The monoisotopic (exact) mass is 378 g/mol. The molecule has 8 heteroatoms. The number of esters is 1. The van der Waals surface area contributed by atoms with Gasteiger partial charge in [-0.15, -0.1) is 11.3 Å². The zero-order valence-electron chi connectivity index (χ0n) is 15.3. The van der Waals surface area contributed by atoms with Gasteiger partial charge in [-0.25, -0.2) is 4.98 Å². The van der Waals surface area contributed by atoms with Crippen molar-refractivity contribution in [3.63, 3.8) is 0 Å². The molecule has 0 N–H and O–H groups in total. The third kappa shape index (κ3) is 4.95. The van der Waals surface area contributed by atoms with Crippen molar-refractivity contribution < 1.29 is 23.8 Å². The number of ether oxygens (including phenoxy) is 3. The standard InChI is InChI=1S/C18H22N2O5S/c1-5-20(12(2)21)18-19-14(11-26-18)10-25-17(22)8-13-6-7-15(23-3)9-16(13)24-4/h6-7,9,11H,5,8,10H2,1-4H3. The Hall–Kier alpha value is -2.61. The first-order valence-corrected chi connectivity index (χ1v) is 8.95. The van der Waals surface area contributed by atoms with Gasteiger partial charge in [0, 0.05) is 30.5 Å². The maximum Gasteiger partial charge on any atom is 0.310 e. The topological polar surface area (TPSA) is 78.0 Å². The number of amides is 1. The van der Waals surface area contributed by atoms with Gasteiger partial charge in [0.2, 0.25) is 5.91 Å². The van der Waals surface area contributed by atoms with E-state index in [0.717, 1.165) is 0 Å². The molecule has 2 aromatic rings. The molecule has 1 amide bonds. The molecule has 0 bridgehead atoms. The van der Waals surface area contributed by atoms with Crippen molar-refractivity contribution in [2.24, 2.45) is 0 Å². The molecule has 0 saturated heterocycles. The molecule has 26 heavy (non-hydrogen) atoms. The van der Waals surface area contributed by atoms with Crippen LogP contribution in [0.4, 0.5) is 5.13 Å². The highest BCUT2D eigenvalue weighted by Crippen LogP contribution is 2.25. The second kappa shape index (κ2) is 9.19. The zero-order valence-corrected chi connectivity index (χ0v) is 16.1. The summed E-state index contributed by atoms with van der Waals surface area (Å²) in [6.07, 6.45) is 0.0820. The number of methoxy groups -OCH3 is 2. The molecule has 1 heterocycles. The number of hydrogen-bond donors (Lipinski definition) is 0. The summed E-state index contributed by atoms with van der Waals surface area (Å²) in [5, 5.41) is 2.38. The van der Waals surface area contributed by atoms with Crippen LogP contribution < -0.4 is 14.4 Å². The van der Waals surface area contributed by atoms with Crippen molar-refractivity contribution >= 4 is 28.3 Å². The minimum Gasteiger partial charge on any atom is -0.497 e. The van der Waals surface area contributed by atoms with Crippen molar-refractivity contribution in [1.29, 1.82) is 0 Å². The molecule has 1 aromatic carbocycles. The Morgan fingerprint density at radius 2 is 2.00 bits per heavy atom. The first-order chi connectivity index (χ1) is 12.5. The van der Waals surface area contributed by atoms with Crippen LogP contribution in [0.2, 0.25) is 0 Å². The van der Waals surface area contributed by atoms with Crippen LogP contribution in [-0.4, -0.2) is 37.6 Å². The van der Waals surface area contributed by atoms with Crippen molar-refractivity contribution in [2.45, 2.75) is 26.9 Å². The summed E-state index contributed by atoms with van der Waals surface area (Å²) in [4.78, 5) is 29.6. The summed E-state index contributed by atoms with van der Waals surface area (Å²) >= 11 is 1.35. The number of benzene rings is 1. The second-order valence-corrected chi connectivity index (χ2v) is 6.24. The Bertz CT molecular complexity index is 775. The normalized spacial score (nSPS) is 10.3. The van der Waals surface area contributed by atoms with E-state index in [9.17, 15) is 9.59 Å². The fraction of sp³-hybridized carbons (Fsp3) is 0.389. The van der Waals surface area contributed by atoms with Crippen molar-refractivity contribution in [3.8, 4) is 11.5 Å². The predicted octanol–water partition coefficient (Wildman–Crippen LogP) is 2.82. The quantitative estimate of drug-likeness (QED) is 0.658. The van der Waals surface area contributed by atoms with Crippen LogP contribution in [0.1, 0.15) is 25.1 Å². The van der Waals surface area contributed by atoms with Crippen molar-refractivity contribution in [1.82, 2.24) is 4.98 Å². The Balaban J connectivity index is 1.95. The molecule has 140 valence electrons. The zero-order chi connectivity index (χ0) is 19.1. The number of rotatable bonds is 8. The number of carbonyl (C=O) groups excluding carboxylic acids is 2. The average molecular weight is 378 g/mol. The number of hydrogen-bond acceptors (Lipinski definition) is 7. The lowest BCUT2D eigenvalue weighted by Gasteiger charge is -2.14. The minimum absolute atomic E-state index is 0.0588. The summed E-state index contributed by atoms with van der Waals surface area (Å²) in [5.74, 6) is 0.760. The van der Waals surface area contributed by atoms with Gasteiger partial charge in [-0.1, -0.05) is 6.07 Å². The van der Waals surface area contributed by atoms with Crippen LogP contribution in [0.3, 0.4) is 0 Å². The second-order valence-electron chi connectivity index (χ2n) is 5.40. The SMILES string of the molecule is CCN(C(C)=O)c1nc(COC(=O)Cc2ccc(OC)cc2OC)cs1. The van der Waals surface area contributed by atoms with Crippen LogP contribution in [0.5, 0.6) is 11.5 Å². The van der Waals surface area contributed by atoms with Gasteiger partial charge in [0.1, 0.15) is 18.1 Å². The molecular formula is C18H22N2O5S. The van der Waals surface area contributed by atoms with E-state index in [-0.39, 0.29) is 24.9 Å². The van der Waals surface area contributed by atoms with Crippen LogP contribution in [0.15, 0.2) is 23.6 Å². The van der Waals surface area contributed by atoms with Crippen molar-refractivity contribution in [3.05, 3.63) is 34.8 Å². The highest BCUT2D eigenvalue weighted by molar-refractivity contribution is 7.14. The molecule has 7 nitrogen and oxygen atoms in total. The van der Waals surface area contributed by atoms with Gasteiger partial charge in [-0.05, 0) is 13.0 Å². The fourth-order valence-electron chi connectivity index (χ4n) is 2.34. The maximum atomic E-state index is 12.1. The lowest BCUT2D eigenvalue weighted by molar-refractivity contribution is -0.144. The first kappa shape index (κ1) is 19.7. The third-order valence-corrected chi connectivity index (χ3v) is 4.59. The lowest BCUT2D eigenvalue weighted by Crippen LogP contribution is -2.27. The number of carbonyl (C=O) groups is 2. The number of thiazole rings is 1. The highest BCUT2D eigenvalue weighted by atomic mass is 32.1. The van der Waals surface area contributed by atoms with Crippen LogP contribution in [0, 0.1) is 0 Å². The lowest BCUT2D eigenvalue weighted by atomic mass is 10.1. The summed E-state index contributed by atoms with van der Waals surface area (Å²) < 4.78 is 15.7. The molecule has 2 rings (SSSR count). The van der Waals surface area contributed by atoms with Gasteiger partial charge in [0.25, 0.3) is 0 Å². The third-order valence-electron chi connectivity index (χ3n) is 3.68. The molecule has 0 saturated carbocycles. The number of nitrogens with zero attached hydrogens (tertiary/aromatic N) is 2. The molecule has 0 radical (unpaired) electrons. The molecule has 0 aliphatic rings. The fourth-order valence-corrected chi connectivity index (χ4v) is 3.26. The Labute approximate surface area is 156 Å². The van der Waals surface area contributed by atoms with E-state index in [2.05, 4.69) is 4.98 Å². The molecule has 1 aromatic heterocycles. The molecular weight excluding hydrogens is 356 g/mol. The smallest absolute Gasteiger partial charge is 0.310 e.